The Morgan fingerprint density at radius 2 is 1.76 bits per heavy atom. The molecule has 0 bridgehead atoms. The first kappa shape index (κ1) is 18.0. The highest BCUT2D eigenvalue weighted by Gasteiger charge is 2.19. The Bertz CT molecular complexity index is 984. The molecule has 3 rings (SSSR count). The Hall–Kier alpha value is -1.79. The van der Waals surface area contributed by atoms with Crippen molar-refractivity contribution in [2.75, 3.05) is 5.32 Å². The number of benzene rings is 2. The first-order valence-corrected chi connectivity index (χ1v) is 9.06. The van der Waals surface area contributed by atoms with E-state index in [2.05, 4.69) is 5.32 Å². The van der Waals surface area contributed by atoms with Crippen LogP contribution in [0.1, 0.15) is 15.2 Å². The van der Waals surface area contributed by atoms with Crippen molar-refractivity contribution in [3.05, 3.63) is 61.9 Å². The molecule has 0 aliphatic rings. The Balaban J connectivity index is 1.86. The van der Waals surface area contributed by atoms with Crippen LogP contribution in [0.2, 0.25) is 15.1 Å². The summed E-state index contributed by atoms with van der Waals surface area (Å²) in [6.45, 7) is 0. The van der Waals surface area contributed by atoms with Crippen LogP contribution >= 0.6 is 46.1 Å². The van der Waals surface area contributed by atoms with Gasteiger partial charge in [-0.05, 0) is 29.8 Å². The summed E-state index contributed by atoms with van der Waals surface area (Å²) in [7, 11) is 0. The normalized spacial score (nSPS) is 10.8. The molecule has 25 heavy (non-hydrogen) atoms. The zero-order valence-corrected chi connectivity index (χ0v) is 15.7. The number of carbonyl (C=O) groups excluding carboxylic acids is 2. The molecule has 4 nitrogen and oxygen atoms in total. The lowest BCUT2D eigenvalue weighted by molar-refractivity contribution is -0.117. The van der Waals surface area contributed by atoms with Gasteiger partial charge in [-0.2, -0.15) is 0 Å². The molecule has 1 heterocycles. The second kappa shape index (κ2) is 7.22. The third kappa shape index (κ3) is 3.90. The number of fused-ring (bicyclic) bond motifs is 1. The summed E-state index contributed by atoms with van der Waals surface area (Å²) in [6, 6.07) is 10.1. The second-order valence-corrected chi connectivity index (χ2v) is 7.57. The minimum Gasteiger partial charge on any atom is -0.369 e. The molecule has 0 aliphatic heterocycles. The molecular weight excluding hydrogens is 403 g/mol. The Labute approximate surface area is 162 Å². The van der Waals surface area contributed by atoms with E-state index < -0.39 is 5.91 Å². The minimum absolute atomic E-state index is 0.148. The van der Waals surface area contributed by atoms with E-state index in [1.165, 1.54) is 11.3 Å². The number of halogens is 3. The monoisotopic (exact) mass is 412 g/mol. The fourth-order valence-electron chi connectivity index (χ4n) is 2.35. The zero-order valence-electron chi connectivity index (χ0n) is 12.6. The number of rotatable bonds is 4. The van der Waals surface area contributed by atoms with Crippen LogP contribution in [0.25, 0.3) is 10.1 Å². The number of nitrogens with one attached hydrogen (secondary N) is 1. The molecule has 0 radical (unpaired) electrons. The Morgan fingerprint density at radius 1 is 1.08 bits per heavy atom. The topological polar surface area (TPSA) is 72.2 Å². The van der Waals surface area contributed by atoms with Gasteiger partial charge in [-0.3, -0.25) is 9.59 Å². The van der Waals surface area contributed by atoms with Crippen LogP contribution in [0, 0.1) is 0 Å². The number of thiophene rings is 1. The molecule has 3 aromatic rings. The van der Waals surface area contributed by atoms with E-state index in [1.807, 2.05) is 0 Å². The van der Waals surface area contributed by atoms with Crippen LogP contribution in [0.15, 0.2) is 36.4 Å². The van der Waals surface area contributed by atoms with Gasteiger partial charge in [0.2, 0.25) is 5.91 Å². The maximum Gasteiger partial charge on any atom is 0.267 e. The van der Waals surface area contributed by atoms with E-state index in [0.717, 1.165) is 10.3 Å². The molecule has 128 valence electrons. The van der Waals surface area contributed by atoms with E-state index in [4.69, 9.17) is 40.5 Å². The summed E-state index contributed by atoms with van der Waals surface area (Å²) in [5.41, 5.74) is 6.50. The molecule has 0 aliphatic carbocycles. The van der Waals surface area contributed by atoms with Gasteiger partial charge in [0.25, 0.3) is 5.91 Å². The SMILES string of the molecule is NC(=O)Cc1ccc(NC(=O)c2sc3cc(Cl)cc(Cl)c3c2Cl)cc1. The molecule has 2 amide bonds. The third-order valence-corrected chi connectivity index (χ3v) is 5.59. The van der Waals surface area contributed by atoms with Gasteiger partial charge in [-0.1, -0.05) is 46.9 Å². The van der Waals surface area contributed by atoms with E-state index >= 15 is 0 Å². The quantitative estimate of drug-likeness (QED) is 0.621. The average Bonchev–Trinajstić information content (AvgIpc) is 2.85. The van der Waals surface area contributed by atoms with Gasteiger partial charge >= 0.3 is 0 Å². The number of carbonyl (C=O) groups is 2. The third-order valence-electron chi connectivity index (χ3n) is 3.45. The summed E-state index contributed by atoms with van der Waals surface area (Å²) in [5.74, 6) is -0.759. The highest BCUT2D eigenvalue weighted by Crippen LogP contribution is 2.41. The molecular formula is C17H11Cl3N2O2S. The fourth-order valence-corrected chi connectivity index (χ4v) is 4.63. The lowest BCUT2D eigenvalue weighted by atomic mass is 10.1. The first-order chi connectivity index (χ1) is 11.8. The van der Waals surface area contributed by atoms with Crippen LogP contribution in [-0.4, -0.2) is 11.8 Å². The van der Waals surface area contributed by atoms with Crippen molar-refractivity contribution in [1.82, 2.24) is 0 Å². The fraction of sp³-hybridized carbons (Fsp3) is 0.0588. The Kier molecular flexibility index (Phi) is 5.20. The lowest BCUT2D eigenvalue weighted by Crippen LogP contribution is -2.14. The molecule has 8 heteroatoms. The van der Waals surface area contributed by atoms with Crippen molar-refractivity contribution in [3.63, 3.8) is 0 Å². The van der Waals surface area contributed by atoms with Crippen LogP contribution in [0.4, 0.5) is 5.69 Å². The van der Waals surface area contributed by atoms with E-state index in [1.54, 1.807) is 36.4 Å². The van der Waals surface area contributed by atoms with Gasteiger partial charge in [-0.15, -0.1) is 11.3 Å². The van der Waals surface area contributed by atoms with E-state index in [9.17, 15) is 9.59 Å². The molecule has 0 fully saturated rings. The number of hydrogen-bond acceptors (Lipinski definition) is 3. The van der Waals surface area contributed by atoms with Crippen LogP contribution in [0.5, 0.6) is 0 Å². The van der Waals surface area contributed by atoms with Crippen molar-refractivity contribution in [1.29, 1.82) is 0 Å². The smallest absolute Gasteiger partial charge is 0.267 e. The van der Waals surface area contributed by atoms with Crippen molar-refractivity contribution in [2.24, 2.45) is 5.73 Å². The van der Waals surface area contributed by atoms with Crippen LogP contribution < -0.4 is 11.1 Å². The molecule has 0 unspecified atom stereocenters. The van der Waals surface area contributed by atoms with Crippen LogP contribution in [-0.2, 0) is 11.2 Å². The maximum atomic E-state index is 12.5. The number of amides is 2. The molecule has 1 aromatic heterocycles. The number of anilines is 1. The minimum atomic E-state index is -0.413. The van der Waals surface area contributed by atoms with Crippen LogP contribution in [0.3, 0.4) is 0 Å². The van der Waals surface area contributed by atoms with Gasteiger partial charge in [0.05, 0.1) is 16.5 Å². The average molecular weight is 414 g/mol. The summed E-state index contributed by atoms with van der Waals surface area (Å²) >= 11 is 19.7. The van der Waals surface area contributed by atoms with Gasteiger partial charge in [0.15, 0.2) is 0 Å². The highest BCUT2D eigenvalue weighted by atomic mass is 35.5. The van der Waals surface area contributed by atoms with Crippen molar-refractivity contribution < 1.29 is 9.59 Å². The van der Waals surface area contributed by atoms with Crippen molar-refractivity contribution >= 4 is 73.7 Å². The molecule has 0 saturated heterocycles. The summed E-state index contributed by atoms with van der Waals surface area (Å²) in [5, 5.41) is 4.56. The van der Waals surface area contributed by atoms with Crippen molar-refractivity contribution in [3.8, 4) is 0 Å². The maximum absolute atomic E-state index is 12.5. The summed E-state index contributed by atoms with van der Waals surface area (Å²) < 4.78 is 0.740. The van der Waals surface area contributed by atoms with E-state index in [-0.39, 0.29) is 12.3 Å². The van der Waals surface area contributed by atoms with Crippen molar-refractivity contribution in [2.45, 2.75) is 6.42 Å². The first-order valence-electron chi connectivity index (χ1n) is 7.11. The molecule has 2 aromatic carbocycles. The molecule has 3 N–H and O–H groups in total. The van der Waals surface area contributed by atoms with E-state index in [0.29, 0.717) is 31.0 Å². The standard InChI is InChI=1S/C17H11Cl3N2O2S/c18-9-6-11(19)14-12(7-9)25-16(15(14)20)17(24)22-10-3-1-8(2-4-10)5-13(21)23/h1-4,6-7H,5H2,(H2,21,23)(H,22,24). The second-order valence-electron chi connectivity index (χ2n) is 5.30. The predicted molar refractivity (Wildman–Crippen MR) is 104 cm³/mol. The summed E-state index contributed by atoms with van der Waals surface area (Å²) in [4.78, 5) is 23.8. The molecule has 0 atom stereocenters. The largest absolute Gasteiger partial charge is 0.369 e. The molecule has 0 spiro atoms. The zero-order chi connectivity index (χ0) is 18.1. The van der Waals surface area contributed by atoms with Gasteiger partial charge in [0, 0.05) is 20.8 Å². The van der Waals surface area contributed by atoms with Gasteiger partial charge in [0.1, 0.15) is 4.88 Å². The highest BCUT2D eigenvalue weighted by molar-refractivity contribution is 7.21. The lowest BCUT2D eigenvalue weighted by Gasteiger charge is -2.05. The van der Waals surface area contributed by atoms with Gasteiger partial charge < -0.3 is 11.1 Å². The number of hydrogen-bond donors (Lipinski definition) is 2. The summed E-state index contributed by atoms with van der Waals surface area (Å²) in [6.07, 6.45) is 0.148. The molecule has 0 saturated carbocycles. The van der Waals surface area contributed by atoms with Gasteiger partial charge in [-0.25, -0.2) is 0 Å². The number of primary amides is 1. The predicted octanol–water partition coefficient (Wildman–Crippen LogP) is 5.14. The number of nitrogens with two attached hydrogens (primary N) is 1. The Morgan fingerprint density at radius 3 is 2.40 bits per heavy atom.